The molecule has 4 N–H and O–H groups in total. The minimum atomic E-state index is 0.0409. The van der Waals surface area contributed by atoms with Crippen molar-refractivity contribution < 1.29 is 4.74 Å². The fraction of sp³-hybridized carbons (Fsp3) is 0.333. The van der Waals surface area contributed by atoms with Crippen LogP contribution in [0.15, 0.2) is 10.1 Å². The van der Waals surface area contributed by atoms with E-state index in [0.29, 0.717) is 0 Å². The summed E-state index contributed by atoms with van der Waals surface area (Å²) in [5.74, 6) is 4.68. The van der Waals surface area contributed by atoms with Crippen LogP contribution >= 0.6 is 0 Å². The Morgan fingerprint density at radius 2 is 2.38 bits per heavy atom. The molecular weight excluding hydrogens is 108 g/mol. The molecular formula is C3H8N4O. The maximum atomic E-state index is 5.04. The first-order valence-corrected chi connectivity index (χ1v) is 1.90. The van der Waals surface area contributed by atoms with Crippen LogP contribution in [0.2, 0.25) is 0 Å². The van der Waals surface area contributed by atoms with Gasteiger partial charge in [0.15, 0.2) is 0 Å². The summed E-state index contributed by atoms with van der Waals surface area (Å²) in [6, 6.07) is 0.0409. The topological polar surface area (TPSA) is 86.0 Å². The molecule has 0 saturated carbocycles. The molecule has 0 spiro atoms. The SMILES string of the molecule is COC(N)=NC=NN. The minimum Gasteiger partial charge on any atom is -0.468 e. The first-order chi connectivity index (χ1) is 3.81. The van der Waals surface area contributed by atoms with Crippen molar-refractivity contribution in [2.75, 3.05) is 7.11 Å². The lowest BCUT2D eigenvalue weighted by atomic mass is 11.1. The average Bonchev–Trinajstić information content (AvgIpc) is 1.83. The Hall–Kier alpha value is -1.26. The number of hydrogen-bond acceptors (Lipinski definition) is 3. The number of nitrogens with zero attached hydrogens (tertiary/aromatic N) is 2. The summed E-state index contributed by atoms with van der Waals surface area (Å²) in [4.78, 5) is 3.42. The summed E-state index contributed by atoms with van der Waals surface area (Å²) < 4.78 is 4.43. The highest BCUT2D eigenvalue weighted by Crippen LogP contribution is 1.63. The monoisotopic (exact) mass is 116 g/mol. The van der Waals surface area contributed by atoms with E-state index in [1.807, 2.05) is 0 Å². The third-order valence-electron chi connectivity index (χ3n) is 0.461. The van der Waals surface area contributed by atoms with Gasteiger partial charge < -0.3 is 16.3 Å². The van der Waals surface area contributed by atoms with Crippen molar-refractivity contribution in [2.45, 2.75) is 0 Å². The van der Waals surface area contributed by atoms with Gasteiger partial charge in [0.05, 0.1) is 7.11 Å². The van der Waals surface area contributed by atoms with E-state index in [-0.39, 0.29) is 6.02 Å². The highest BCUT2D eigenvalue weighted by Gasteiger charge is 1.78. The molecule has 0 bridgehead atoms. The van der Waals surface area contributed by atoms with Crippen LogP contribution in [0.5, 0.6) is 0 Å². The van der Waals surface area contributed by atoms with E-state index in [2.05, 4.69) is 20.7 Å². The van der Waals surface area contributed by atoms with Crippen molar-refractivity contribution in [3.63, 3.8) is 0 Å². The summed E-state index contributed by atoms with van der Waals surface area (Å²) in [6.45, 7) is 0. The number of rotatable bonds is 1. The standard InChI is InChI=1S/C3H8N4O/c1-8-3(4)6-2-7-5/h2H,5H2,1H3,(H2,4,6,7). The summed E-state index contributed by atoms with van der Waals surface area (Å²) in [7, 11) is 1.41. The molecule has 0 aliphatic rings. The second kappa shape index (κ2) is 3.91. The number of nitrogens with two attached hydrogens (primary N) is 2. The van der Waals surface area contributed by atoms with E-state index in [1.165, 1.54) is 7.11 Å². The van der Waals surface area contributed by atoms with E-state index >= 15 is 0 Å². The zero-order valence-electron chi connectivity index (χ0n) is 4.53. The van der Waals surface area contributed by atoms with Crippen LogP contribution in [-0.4, -0.2) is 19.5 Å². The summed E-state index contributed by atoms with van der Waals surface area (Å²) in [5.41, 5.74) is 5.04. The van der Waals surface area contributed by atoms with Crippen molar-refractivity contribution in [1.82, 2.24) is 0 Å². The van der Waals surface area contributed by atoms with Crippen LogP contribution in [0.3, 0.4) is 0 Å². The van der Waals surface area contributed by atoms with Crippen LogP contribution in [-0.2, 0) is 4.74 Å². The second-order valence-corrected chi connectivity index (χ2v) is 0.936. The molecule has 0 aromatic carbocycles. The Morgan fingerprint density at radius 1 is 1.75 bits per heavy atom. The molecule has 0 heterocycles. The Labute approximate surface area is 47.0 Å². The number of aliphatic imine (C=N–C) groups is 1. The van der Waals surface area contributed by atoms with E-state index < -0.39 is 0 Å². The maximum Gasteiger partial charge on any atom is 0.287 e. The lowest BCUT2D eigenvalue weighted by Gasteiger charge is -1.90. The maximum absolute atomic E-state index is 5.04. The highest BCUT2D eigenvalue weighted by molar-refractivity contribution is 5.80. The second-order valence-electron chi connectivity index (χ2n) is 0.936. The molecule has 0 amide bonds. The molecule has 0 unspecified atom stereocenters. The van der Waals surface area contributed by atoms with Crippen LogP contribution in [0.4, 0.5) is 0 Å². The Morgan fingerprint density at radius 3 is 2.75 bits per heavy atom. The quantitative estimate of drug-likeness (QED) is 0.196. The molecule has 0 aromatic heterocycles. The zero-order chi connectivity index (χ0) is 6.41. The minimum absolute atomic E-state index is 0.0409. The van der Waals surface area contributed by atoms with Crippen LogP contribution in [0, 0.1) is 0 Å². The van der Waals surface area contributed by atoms with Gasteiger partial charge in [-0.1, -0.05) is 0 Å². The van der Waals surface area contributed by atoms with Crippen molar-refractivity contribution in [1.29, 1.82) is 0 Å². The van der Waals surface area contributed by atoms with E-state index in [0.717, 1.165) is 6.34 Å². The van der Waals surface area contributed by atoms with Gasteiger partial charge in [-0.15, -0.1) is 0 Å². The Balaban J connectivity index is 3.57. The Bertz CT molecular complexity index is 108. The normalized spacial score (nSPS) is 12.4. The molecule has 46 valence electrons. The van der Waals surface area contributed by atoms with Gasteiger partial charge in [-0.05, 0) is 0 Å². The number of hydrogen-bond donors (Lipinski definition) is 2. The summed E-state index contributed by atoms with van der Waals surface area (Å²) in [5, 5.41) is 3.05. The third kappa shape index (κ3) is 2.95. The van der Waals surface area contributed by atoms with Gasteiger partial charge in [-0.2, -0.15) is 10.1 Å². The molecule has 0 rings (SSSR count). The molecule has 0 atom stereocenters. The van der Waals surface area contributed by atoms with Gasteiger partial charge in [0.25, 0.3) is 6.02 Å². The molecule has 0 aromatic rings. The smallest absolute Gasteiger partial charge is 0.287 e. The van der Waals surface area contributed by atoms with Crippen LogP contribution in [0.25, 0.3) is 0 Å². The molecule has 5 nitrogen and oxygen atoms in total. The zero-order valence-corrected chi connectivity index (χ0v) is 4.53. The van der Waals surface area contributed by atoms with Crippen molar-refractivity contribution in [2.24, 2.45) is 21.7 Å². The number of hydrazone groups is 1. The lowest BCUT2D eigenvalue weighted by Crippen LogP contribution is -2.13. The molecule has 0 saturated heterocycles. The predicted molar refractivity (Wildman–Crippen MR) is 31.3 cm³/mol. The van der Waals surface area contributed by atoms with Crippen LogP contribution in [0.1, 0.15) is 0 Å². The fourth-order valence-corrected chi connectivity index (χ4v) is 0.143. The predicted octanol–water partition coefficient (Wildman–Crippen LogP) is -1.15. The molecule has 5 heteroatoms. The Kier molecular flexibility index (Phi) is 3.30. The first-order valence-electron chi connectivity index (χ1n) is 1.90. The van der Waals surface area contributed by atoms with Crippen molar-refractivity contribution >= 4 is 12.4 Å². The highest BCUT2D eigenvalue weighted by atomic mass is 16.5. The summed E-state index contributed by atoms with van der Waals surface area (Å²) >= 11 is 0. The van der Waals surface area contributed by atoms with Gasteiger partial charge in [-0.3, -0.25) is 0 Å². The molecule has 0 aliphatic heterocycles. The summed E-state index contributed by atoms with van der Waals surface area (Å²) in [6.07, 6.45) is 1.10. The first kappa shape index (κ1) is 6.74. The molecule has 0 fully saturated rings. The van der Waals surface area contributed by atoms with E-state index in [1.54, 1.807) is 0 Å². The van der Waals surface area contributed by atoms with Crippen molar-refractivity contribution in [3.05, 3.63) is 0 Å². The number of ether oxygens (including phenoxy) is 1. The van der Waals surface area contributed by atoms with Gasteiger partial charge in [0, 0.05) is 0 Å². The number of amidine groups is 1. The lowest BCUT2D eigenvalue weighted by molar-refractivity contribution is 0.397. The van der Waals surface area contributed by atoms with Gasteiger partial charge in [0.2, 0.25) is 0 Å². The van der Waals surface area contributed by atoms with Gasteiger partial charge >= 0.3 is 0 Å². The molecule has 0 aliphatic carbocycles. The van der Waals surface area contributed by atoms with E-state index in [9.17, 15) is 0 Å². The van der Waals surface area contributed by atoms with Gasteiger partial charge in [-0.25, -0.2) is 0 Å². The van der Waals surface area contributed by atoms with E-state index in [4.69, 9.17) is 5.73 Å². The van der Waals surface area contributed by atoms with Gasteiger partial charge in [0.1, 0.15) is 6.34 Å². The van der Waals surface area contributed by atoms with Crippen LogP contribution < -0.4 is 11.6 Å². The average molecular weight is 116 g/mol. The molecule has 8 heavy (non-hydrogen) atoms. The largest absolute Gasteiger partial charge is 0.468 e. The number of methoxy groups -OCH3 is 1. The van der Waals surface area contributed by atoms with Crippen molar-refractivity contribution in [3.8, 4) is 0 Å². The molecule has 0 radical (unpaired) electrons. The fourth-order valence-electron chi connectivity index (χ4n) is 0.143. The third-order valence-corrected chi connectivity index (χ3v) is 0.461.